The van der Waals surface area contributed by atoms with Crippen molar-refractivity contribution in [2.24, 2.45) is 0 Å². The van der Waals surface area contributed by atoms with Gasteiger partial charge in [0.15, 0.2) is 0 Å². The molecule has 5 nitrogen and oxygen atoms in total. The summed E-state index contributed by atoms with van der Waals surface area (Å²) in [5.74, 6) is -0.0137. The van der Waals surface area contributed by atoms with E-state index in [-0.39, 0.29) is 17.3 Å². The summed E-state index contributed by atoms with van der Waals surface area (Å²) in [5.41, 5.74) is 0.409. The highest BCUT2D eigenvalue weighted by Gasteiger charge is 2.22. The number of rotatable bonds is 5. The smallest absolute Gasteiger partial charge is 0.285 e. The van der Waals surface area contributed by atoms with E-state index in [0.29, 0.717) is 17.9 Å². The van der Waals surface area contributed by atoms with Crippen LogP contribution in [0.5, 0.6) is 0 Å². The Balaban J connectivity index is 2.99. The van der Waals surface area contributed by atoms with Crippen LogP contribution in [0, 0.1) is 17.0 Å². The molecule has 1 aromatic rings. The van der Waals surface area contributed by atoms with Crippen LogP contribution in [0.25, 0.3) is 0 Å². The van der Waals surface area contributed by atoms with Crippen molar-refractivity contribution in [1.29, 1.82) is 0 Å². The number of carbonyl (C=O) groups is 1. The fourth-order valence-electron chi connectivity index (χ4n) is 1.62. The molecular formula is C12H15ClN2O3. The number of para-hydroxylation sites is 1. The molecule has 0 bridgehead atoms. The average molecular weight is 271 g/mol. The first-order valence-corrected chi connectivity index (χ1v) is 6.11. The van der Waals surface area contributed by atoms with E-state index in [2.05, 4.69) is 5.32 Å². The SMILES string of the molecule is Cc1cccc(C(=O)NC(C)CCCl)c1[N+](=O)[O-]. The molecule has 0 saturated carbocycles. The van der Waals surface area contributed by atoms with Crippen LogP contribution in [0.2, 0.25) is 0 Å². The maximum Gasteiger partial charge on any atom is 0.285 e. The molecule has 0 heterocycles. The van der Waals surface area contributed by atoms with Crippen molar-refractivity contribution in [1.82, 2.24) is 5.32 Å². The molecule has 6 heteroatoms. The van der Waals surface area contributed by atoms with Crippen LogP contribution in [0.1, 0.15) is 29.3 Å². The minimum atomic E-state index is -0.531. The molecule has 98 valence electrons. The van der Waals surface area contributed by atoms with Crippen LogP contribution in [0.4, 0.5) is 5.69 Å². The summed E-state index contributed by atoms with van der Waals surface area (Å²) in [6, 6.07) is 4.57. The fraction of sp³-hybridized carbons (Fsp3) is 0.417. The van der Waals surface area contributed by atoms with Crippen molar-refractivity contribution in [2.75, 3.05) is 5.88 Å². The third-order valence-corrected chi connectivity index (χ3v) is 2.80. The number of aryl methyl sites for hydroxylation is 1. The lowest BCUT2D eigenvalue weighted by Gasteiger charge is -2.12. The Hall–Kier alpha value is -1.62. The Kier molecular flexibility index (Phi) is 5.09. The van der Waals surface area contributed by atoms with Crippen LogP contribution in [-0.4, -0.2) is 22.8 Å². The Labute approximate surface area is 110 Å². The standard InChI is InChI=1S/C12H15ClN2O3/c1-8-4-3-5-10(11(8)15(17)18)12(16)14-9(2)6-7-13/h3-5,9H,6-7H2,1-2H3,(H,14,16). The molecule has 0 saturated heterocycles. The Morgan fingerprint density at radius 3 is 2.78 bits per heavy atom. The fourth-order valence-corrected chi connectivity index (χ4v) is 1.95. The van der Waals surface area contributed by atoms with Gasteiger partial charge in [0.25, 0.3) is 11.6 Å². The highest BCUT2D eigenvalue weighted by atomic mass is 35.5. The van der Waals surface area contributed by atoms with Gasteiger partial charge >= 0.3 is 0 Å². The van der Waals surface area contributed by atoms with E-state index in [1.807, 2.05) is 6.92 Å². The summed E-state index contributed by atoms with van der Waals surface area (Å²) in [4.78, 5) is 22.4. The summed E-state index contributed by atoms with van der Waals surface area (Å²) in [6.07, 6.45) is 0.618. The highest BCUT2D eigenvalue weighted by Crippen LogP contribution is 2.22. The van der Waals surface area contributed by atoms with Crippen molar-refractivity contribution in [3.05, 3.63) is 39.4 Å². The number of nitrogens with zero attached hydrogens (tertiary/aromatic N) is 1. The summed E-state index contributed by atoms with van der Waals surface area (Å²) in [6.45, 7) is 3.42. The first-order valence-electron chi connectivity index (χ1n) is 5.58. The zero-order valence-electron chi connectivity index (χ0n) is 10.3. The number of hydrogen-bond acceptors (Lipinski definition) is 3. The molecule has 0 aliphatic carbocycles. The van der Waals surface area contributed by atoms with E-state index < -0.39 is 10.8 Å². The number of halogens is 1. The normalized spacial score (nSPS) is 11.9. The summed E-state index contributed by atoms with van der Waals surface area (Å²) in [5, 5.41) is 13.7. The van der Waals surface area contributed by atoms with Gasteiger partial charge in [-0.3, -0.25) is 14.9 Å². The van der Waals surface area contributed by atoms with Crippen molar-refractivity contribution in [3.63, 3.8) is 0 Å². The van der Waals surface area contributed by atoms with E-state index in [4.69, 9.17) is 11.6 Å². The number of hydrogen-bond donors (Lipinski definition) is 1. The first kappa shape index (κ1) is 14.4. The van der Waals surface area contributed by atoms with Gasteiger partial charge in [-0.05, 0) is 26.3 Å². The number of nitrogens with one attached hydrogen (secondary N) is 1. The van der Waals surface area contributed by atoms with Gasteiger partial charge in [0.2, 0.25) is 0 Å². The van der Waals surface area contributed by atoms with E-state index >= 15 is 0 Å². The number of nitro benzene ring substituents is 1. The number of carbonyl (C=O) groups excluding carboxylic acids is 1. The lowest BCUT2D eigenvalue weighted by molar-refractivity contribution is -0.385. The van der Waals surface area contributed by atoms with E-state index in [1.165, 1.54) is 6.07 Å². The van der Waals surface area contributed by atoms with Crippen LogP contribution in [0.3, 0.4) is 0 Å². The molecule has 0 radical (unpaired) electrons. The van der Waals surface area contributed by atoms with E-state index in [1.54, 1.807) is 19.1 Å². The second-order valence-corrected chi connectivity index (χ2v) is 4.46. The second-order valence-electron chi connectivity index (χ2n) is 4.08. The number of benzene rings is 1. The van der Waals surface area contributed by atoms with Gasteiger partial charge < -0.3 is 5.32 Å². The van der Waals surface area contributed by atoms with Gasteiger partial charge in [-0.25, -0.2) is 0 Å². The van der Waals surface area contributed by atoms with E-state index in [0.717, 1.165) is 0 Å². The number of alkyl halides is 1. The Morgan fingerprint density at radius 2 is 2.22 bits per heavy atom. The third-order valence-electron chi connectivity index (χ3n) is 2.58. The predicted octanol–water partition coefficient (Wildman–Crippen LogP) is 2.65. The number of amides is 1. The van der Waals surface area contributed by atoms with Gasteiger partial charge in [0.1, 0.15) is 5.56 Å². The van der Waals surface area contributed by atoms with Crippen molar-refractivity contribution in [3.8, 4) is 0 Å². The topological polar surface area (TPSA) is 72.2 Å². The maximum absolute atomic E-state index is 11.9. The zero-order chi connectivity index (χ0) is 13.7. The molecule has 0 spiro atoms. The Morgan fingerprint density at radius 1 is 1.56 bits per heavy atom. The van der Waals surface area contributed by atoms with Gasteiger partial charge in [0.05, 0.1) is 4.92 Å². The molecule has 0 aromatic heterocycles. The zero-order valence-corrected chi connectivity index (χ0v) is 11.0. The lowest BCUT2D eigenvalue weighted by Crippen LogP contribution is -2.33. The van der Waals surface area contributed by atoms with Gasteiger partial charge in [0, 0.05) is 17.5 Å². The van der Waals surface area contributed by atoms with Crippen LogP contribution in [-0.2, 0) is 0 Å². The van der Waals surface area contributed by atoms with Crippen LogP contribution >= 0.6 is 11.6 Å². The second kappa shape index (κ2) is 6.35. The largest absolute Gasteiger partial charge is 0.349 e. The molecule has 1 N–H and O–H groups in total. The quantitative estimate of drug-likeness (QED) is 0.508. The Bertz CT molecular complexity index is 463. The van der Waals surface area contributed by atoms with E-state index in [9.17, 15) is 14.9 Å². The van der Waals surface area contributed by atoms with Crippen LogP contribution < -0.4 is 5.32 Å². The predicted molar refractivity (Wildman–Crippen MR) is 70.1 cm³/mol. The molecule has 1 amide bonds. The van der Waals surface area contributed by atoms with Gasteiger partial charge in [-0.2, -0.15) is 0 Å². The monoisotopic (exact) mass is 270 g/mol. The molecule has 1 rings (SSSR count). The summed E-state index contributed by atoms with van der Waals surface area (Å²) < 4.78 is 0. The summed E-state index contributed by atoms with van der Waals surface area (Å²) >= 11 is 5.57. The van der Waals surface area contributed by atoms with Crippen LogP contribution in [0.15, 0.2) is 18.2 Å². The summed E-state index contributed by atoms with van der Waals surface area (Å²) in [7, 11) is 0. The first-order chi connectivity index (χ1) is 8.47. The van der Waals surface area contributed by atoms with Crippen molar-refractivity contribution >= 4 is 23.2 Å². The number of nitro groups is 1. The molecule has 1 atom stereocenters. The molecule has 0 fully saturated rings. The minimum absolute atomic E-state index is 0.0847. The molecule has 1 unspecified atom stereocenters. The lowest BCUT2D eigenvalue weighted by atomic mass is 10.1. The molecule has 0 aliphatic heterocycles. The van der Waals surface area contributed by atoms with Gasteiger partial charge in [-0.1, -0.05) is 12.1 Å². The van der Waals surface area contributed by atoms with Crippen molar-refractivity contribution in [2.45, 2.75) is 26.3 Å². The van der Waals surface area contributed by atoms with Crippen molar-refractivity contribution < 1.29 is 9.72 Å². The maximum atomic E-state index is 11.9. The van der Waals surface area contributed by atoms with Gasteiger partial charge in [-0.15, -0.1) is 11.6 Å². The molecule has 0 aliphatic rings. The highest BCUT2D eigenvalue weighted by molar-refractivity contribution is 6.17. The molecule has 18 heavy (non-hydrogen) atoms. The molecule has 1 aromatic carbocycles. The minimum Gasteiger partial charge on any atom is -0.349 e. The molecular weight excluding hydrogens is 256 g/mol. The average Bonchev–Trinajstić information content (AvgIpc) is 2.28. The third kappa shape index (κ3) is 3.43.